The first-order chi connectivity index (χ1) is 10.4. The average molecular weight is 300 g/mol. The fourth-order valence-electron chi connectivity index (χ4n) is 2.11. The first kappa shape index (κ1) is 15.8. The second-order valence-corrected chi connectivity index (χ2v) is 5.27. The number of rotatable bonds is 4. The Kier molecular flexibility index (Phi) is 4.60. The first-order valence-electron chi connectivity index (χ1n) is 7.03. The number of aromatic nitrogens is 2. The molecule has 2 N–H and O–H groups in total. The van der Waals surface area contributed by atoms with E-state index in [0.717, 1.165) is 17.0 Å². The largest absolute Gasteiger partial charge is 0.343 e. The fourth-order valence-corrected chi connectivity index (χ4v) is 2.11. The van der Waals surface area contributed by atoms with E-state index in [1.165, 1.54) is 0 Å². The number of carbonyl (C=O) groups is 2. The third-order valence-corrected chi connectivity index (χ3v) is 3.50. The van der Waals surface area contributed by atoms with Crippen LogP contribution in [0.3, 0.4) is 0 Å². The molecule has 2 aromatic rings. The maximum atomic E-state index is 12.0. The topological polar surface area (TPSA) is 76.0 Å². The van der Waals surface area contributed by atoms with Gasteiger partial charge in [-0.05, 0) is 32.9 Å². The molecule has 0 spiro atoms. The molecule has 1 aromatic heterocycles. The van der Waals surface area contributed by atoms with E-state index in [2.05, 4.69) is 15.7 Å². The lowest BCUT2D eigenvalue weighted by Crippen LogP contribution is -2.33. The Morgan fingerprint density at radius 2 is 1.77 bits per heavy atom. The van der Waals surface area contributed by atoms with E-state index in [9.17, 15) is 9.59 Å². The van der Waals surface area contributed by atoms with Gasteiger partial charge < -0.3 is 10.6 Å². The number of carbonyl (C=O) groups excluding carboxylic acids is 2. The third kappa shape index (κ3) is 3.52. The van der Waals surface area contributed by atoms with Gasteiger partial charge in [0, 0.05) is 12.6 Å². The Labute approximate surface area is 129 Å². The number of hydrogen-bond donors (Lipinski definition) is 2. The molecular weight excluding hydrogens is 280 g/mol. The summed E-state index contributed by atoms with van der Waals surface area (Å²) < 4.78 is 1.70. The summed E-state index contributed by atoms with van der Waals surface area (Å²) in [5, 5.41) is 9.61. The smallest absolute Gasteiger partial charge is 0.251 e. The molecule has 0 fully saturated rings. The van der Waals surface area contributed by atoms with Crippen molar-refractivity contribution in [3.05, 3.63) is 46.8 Å². The third-order valence-electron chi connectivity index (χ3n) is 3.50. The molecule has 0 saturated carbocycles. The second kappa shape index (κ2) is 6.43. The molecule has 0 aliphatic carbocycles. The van der Waals surface area contributed by atoms with E-state index >= 15 is 0 Å². The van der Waals surface area contributed by atoms with Crippen molar-refractivity contribution in [1.29, 1.82) is 0 Å². The number of benzene rings is 1. The van der Waals surface area contributed by atoms with E-state index in [0.29, 0.717) is 11.3 Å². The maximum Gasteiger partial charge on any atom is 0.251 e. The van der Waals surface area contributed by atoms with Crippen molar-refractivity contribution >= 4 is 17.5 Å². The van der Waals surface area contributed by atoms with Crippen molar-refractivity contribution in [1.82, 2.24) is 15.1 Å². The van der Waals surface area contributed by atoms with Gasteiger partial charge in [-0.3, -0.25) is 14.3 Å². The number of aryl methyl sites for hydroxylation is 3. The minimum Gasteiger partial charge on any atom is -0.343 e. The molecule has 0 saturated heterocycles. The molecule has 0 radical (unpaired) electrons. The van der Waals surface area contributed by atoms with Crippen molar-refractivity contribution < 1.29 is 9.59 Å². The monoisotopic (exact) mass is 300 g/mol. The lowest BCUT2D eigenvalue weighted by molar-refractivity contribution is -0.115. The Morgan fingerprint density at radius 3 is 2.32 bits per heavy atom. The molecule has 116 valence electrons. The van der Waals surface area contributed by atoms with Gasteiger partial charge in [0.1, 0.15) is 0 Å². The molecule has 6 heteroatoms. The number of hydrogen-bond acceptors (Lipinski definition) is 3. The molecule has 22 heavy (non-hydrogen) atoms. The lowest BCUT2D eigenvalue weighted by atomic mass is 10.1. The van der Waals surface area contributed by atoms with Crippen molar-refractivity contribution in [2.75, 3.05) is 11.9 Å². The summed E-state index contributed by atoms with van der Waals surface area (Å²) in [6.45, 7) is 5.57. The van der Waals surface area contributed by atoms with Crippen molar-refractivity contribution in [2.45, 2.75) is 20.8 Å². The van der Waals surface area contributed by atoms with Gasteiger partial charge >= 0.3 is 0 Å². The van der Waals surface area contributed by atoms with Crippen molar-refractivity contribution in [3.63, 3.8) is 0 Å². The Bertz CT molecular complexity index is 702. The fraction of sp³-hybridized carbons (Fsp3) is 0.312. The predicted octanol–water partition coefficient (Wildman–Crippen LogP) is 1.71. The van der Waals surface area contributed by atoms with Crippen LogP contribution < -0.4 is 10.6 Å². The van der Waals surface area contributed by atoms with Crippen LogP contribution in [0, 0.1) is 20.8 Å². The lowest BCUT2D eigenvalue weighted by Gasteiger charge is -2.07. The van der Waals surface area contributed by atoms with Crippen LogP contribution in [-0.4, -0.2) is 28.1 Å². The van der Waals surface area contributed by atoms with E-state index < -0.39 is 0 Å². The number of anilines is 1. The summed E-state index contributed by atoms with van der Waals surface area (Å²) in [5.74, 6) is -0.547. The van der Waals surface area contributed by atoms with Crippen LogP contribution in [-0.2, 0) is 11.8 Å². The van der Waals surface area contributed by atoms with Crippen molar-refractivity contribution in [2.24, 2.45) is 7.05 Å². The molecule has 0 unspecified atom stereocenters. The molecule has 2 rings (SSSR count). The van der Waals surface area contributed by atoms with Gasteiger partial charge in [-0.25, -0.2) is 0 Å². The first-order valence-corrected chi connectivity index (χ1v) is 7.03. The van der Waals surface area contributed by atoms with E-state index in [1.54, 1.807) is 16.8 Å². The molecule has 0 bridgehead atoms. The van der Waals surface area contributed by atoms with Gasteiger partial charge in [-0.1, -0.05) is 17.7 Å². The van der Waals surface area contributed by atoms with Crippen LogP contribution in [0.5, 0.6) is 0 Å². The van der Waals surface area contributed by atoms with Crippen LogP contribution in [0.2, 0.25) is 0 Å². The summed E-state index contributed by atoms with van der Waals surface area (Å²) in [7, 11) is 1.82. The zero-order valence-corrected chi connectivity index (χ0v) is 13.2. The van der Waals surface area contributed by atoms with Crippen LogP contribution in [0.25, 0.3) is 0 Å². The molecule has 6 nitrogen and oxygen atoms in total. The summed E-state index contributed by atoms with van der Waals surface area (Å²) >= 11 is 0. The predicted molar refractivity (Wildman–Crippen MR) is 84.8 cm³/mol. The molecule has 1 aromatic carbocycles. The van der Waals surface area contributed by atoms with Crippen LogP contribution in [0.15, 0.2) is 24.3 Å². The highest BCUT2D eigenvalue weighted by atomic mass is 16.2. The number of amides is 2. The van der Waals surface area contributed by atoms with Gasteiger partial charge in [-0.2, -0.15) is 5.10 Å². The summed E-state index contributed by atoms with van der Waals surface area (Å²) in [6.07, 6.45) is 0. The minimum atomic E-state index is -0.278. The zero-order chi connectivity index (χ0) is 16.3. The van der Waals surface area contributed by atoms with Crippen LogP contribution >= 0.6 is 0 Å². The van der Waals surface area contributed by atoms with E-state index in [4.69, 9.17) is 0 Å². The van der Waals surface area contributed by atoms with E-state index in [1.807, 2.05) is 40.0 Å². The normalized spacial score (nSPS) is 10.4. The Balaban J connectivity index is 1.92. The van der Waals surface area contributed by atoms with E-state index in [-0.39, 0.29) is 18.4 Å². The minimum absolute atomic E-state index is 0.0829. The van der Waals surface area contributed by atoms with Gasteiger partial charge in [0.15, 0.2) is 0 Å². The molecule has 0 atom stereocenters. The SMILES string of the molecule is Cc1ccc(C(=O)NCC(=O)Nc2c(C)nn(C)c2C)cc1. The molecule has 0 aliphatic heterocycles. The number of nitrogens with zero attached hydrogens (tertiary/aromatic N) is 2. The molecular formula is C16H20N4O2. The van der Waals surface area contributed by atoms with Gasteiger partial charge in [0.2, 0.25) is 5.91 Å². The highest BCUT2D eigenvalue weighted by Gasteiger charge is 2.13. The summed E-state index contributed by atoms with van der Waals surface area (Å²) in [4.78, 5) is 23.9. The Morgan fingerprint density at radius 1 is 1.14 bits per heavy atom. The zero-order valence-electron chi connectivity index (χ0n) is 13.2. The highest BCUT2D eigenvalue weighted by Crippen LogP contribution is 2.17. The standard InChI is InChI=1S/C16H20N4O2/c1-10-5-7-13(8-6-10)16(22)17-9-14(21)18-15-11(2)19-20(4)12(15)3/h5-8H,9H2,1-4H3,(H,17,22)(H,18,21). The van der Waals surface area contributed by atoms with Gasteiger partial charge in [-0.15, -0.1) is 0 Å². The van der Waals surface area contributed by atoms with Crippen LogP contribution in [0.4, 0.5) is 5.69 Å². The van der Waals surface area contributed by atoms with Crippen LogP contribution in [0.1, 0.15) is 27.3 Å². The van der Waals surface area contributed by atoms with Gasteiger partial charge in [0.25, 0.3) is 5.91 Å². The second-order valence-electron chi connectivity index (χ2n) is 5.27. The van der Waals surface area contributed by atoms with Crippen molar-refractivity contribution in [3.8, 4) is 0 Å². The molecule has 0 aliphatic rings. The Hall–Kier alpha value is -2.63. The number of nitrogens with one attached hydrogen (secondary N) is 2. The maximum absolute atomic E-state index is 12.0. The van der Waals surface area contributed by atoms with Gasteiger partial charge in [0.05, 0.1) is 23.6 Å². The molecule has 2 amide bonds. The average Bonchev–Trinajstić information content (AvgIpc) is 2.72. The summed E-state index contributed by atoms with van der Waals surface area (Å²) in [5.41, 5.74) is 3.93. The molecule has 1 heterocycles. The highest BCUT2D eigenvalue weighted by molar-refractivity contribution is 5.99. The summed E-state index contributed by atoms with van der Waals surface area (Å²) in [6, 6.07) is 7.19. The quantitative estimate of drug-likeness (QED) is 0.902.